The Morgan fingerprint density at radius 1 is 1.04 bits per heavy atom. The summed E-state index contributed by atoms with van der Waals surface area (Å²) in [7, 11) is 0. The molecule has 136 valence electrons. The third kappa shape index (κ3) is 3.01. The van der Waals surface area contributed by atoms with Crippen molar-refractivity contribution in [3.8, 4) is 11.1 Å². The highest BCUT2D eigenvalue weighted by atomic mass is 16.5. The molecular formula is C23H22N2O2. The second kappa shape index (κ2) is 6.62. The van der Waals surface area contributed by atoms with E-state index in [1.165, 1.54) is 5.56 Å². The molecule has 1 aliphatic heterocycles. The zero-order chi connectivity index (χ0) is 19.1. The van der Waals surface area contributed by atoms with E-state index in [9.17, 15) is 4.79 Å². The van der Waals surface area contributed by atoms with Crippen LogP contribution in [0.15, 0.2) is 52.0 Å². The quantitative estimate of drug-likeness (QED) is 0.651. The number of carbonyl (C=O) groups is 1. The van der Waals surface area contributed by atoms with Gasteiger partial charge in [-0.1, -0.05) is 53.2 Å². The molecule has 0 spiro atoms. The van der Waals surface area contributed by atoms with Gasteiger partial charge in [0, 0.05) is 17.5 Å². The van der Waals surface area contributed by atoms with Crippen molar-refractivity contribution in [3.05, 3.63) is 76.2 Å². The molecule has 4 rings (SSSR count). The first-order valence-electron chi connectivity index (χ1n) is 9.16. The van der Waals surface area contributed by atoms with Gasteiger partial charge in [0.15, 0.2) is 5.76 Å². The third-order valence-electron chi connectivity index (χ3n) is 5.06. The number of carbonyl (C=O) groups excluding carboxylic acids is 1. The van der Waals surface area contributed by atoms with Crippen LogP contribution in [0.2, 0.25) is 0 Å². The van der Waals surface area contributed by atoms with Crippen LogP contribution in [0, 0.1) is 20.8 Å². The van der Waals surface area contributed by atoms with Crippen LogP contribution in [0.4, 0.5) is 0 Å². The maximum Gasteiger partial charge on any atom is 0.169 e. The number of ketones is 1. The van der Waals surface area contributed by atoms with E-state index in [1.807, 2.05) is 13.0 Å². The molecule has 0 unspecified atom stereocenters. The number of hydrogen-bond acceptors (Lipinski definition) is 4. The molecule has 0 aliphatic carbocycles. The molecule has 3 aromatic rings. The SMILES string of the molecule is CC(=O)C[C@@H]1N=C(c2ccc(C)cc2)c2c(C)cccc2-c2c(C)noc21. The highest BCUT2D eigenvalue weighted by Gasteiger charge is 2.31. The summed E-state index contributed by atoms with van der Waals surface area (Å²) >= 11 is 0. The molecule has 2 heterocycles. The van der Waals surface area contributed by atoms with Crippen molar-refractivity contribution in [2.45, 2.75) is 40.2 Å². The predicted octanol–water partition coefficient (Wildman–Crippen LogP) is 5.14. The lowest BCUT2D eigenvalue weighted by atomic mass is 9.89. The van der Waals surface area contributed by atoms with Gasteiger partial charge in [-0.15, -0.1) is 0 Å². The Morgan fingerprint density at radius 2 is 1.78 bits per heavy atom. The Balaban J connectivity index is 2.04. The highest BCUT2D eigenvalue weighted by Crippen LogP contribution is 2.41. The number of benzene rings is 2. The molecule has 0 saturated carbocycles. The van der Waals surface area contributed by atoms with E-state index in [2.05, 4.69) is 55.4 Å². The summed E-state index contributed by atoms with van der Waals surface area (Å²) in [6, 6.07) is 14.2. The van der Waals surface area contributed by atoms with Gasteiger partial charge in [0.05, 0.1) is 17.0 Å². The summed E-state index contributed by atoms with van der Waals surface area (Å²) in [4.78, 5) is 17.0. The Labute approximate surface area is 158 Å². The zero-order valence-corrected chi connectivity index (χ0v) is 16.0. The van der Waals surface area contributed by atoms with E-state index in [4.69, 9.17) is 9.52 Å². The van der Waals surface area contributed by atoms with Gasteiger partial charge in [0.1, 0.15) is 11.8 Å². The Kier molecular flexibility index (Phi) is 4.27. The van der Waals surface area contributed by atoms with Crippen molar-refractivity contribution in [1.82, 2.24) is 5.16 Å². The second-order valence-corrected chi connectivity index (χ2v) is 7.27. The fraction of sp³-hybridized carbons (Fsp3) is 0.261. The monoisotopic (exact) mass is 358 g/mol. The summed E-state index contributed by atoms with van der Waals surface area (Å²) in [5.74, 6) is 0.756. The van der Waals surface area contributed by atoms with E-state index in [1.54, 1.807) is 6.92 Å². The van der Waals surface area contributed by atoms with Gasteiger partial charge in [-0.3, -0.25) is 9.79 Å². The summed E-state index contributed by atoms with van der Waals surface area (Å²) in [5, 5.41) is 4.18. The Bertz CT molecular complexity index is 1060. The molecule has 1 aliphatic rings. The first-order chi connectivity index (χ1) is 13.0. The standard InChI is InChI=1S/C23H22N2O2/c1-13-8-10-17(11-9-13)22-20-14(2)6-5-7-18(20)21-16(4)25-27-23(21)19(24-22)12-15(3)26/h5-11,19H,12H2,1-4H3/t19-/m0/s1. The van der Waals surface area contributed by atoms with E-state index < -0.39 is 0 Å². The van der Waals surface area contributed by atoms with Crippen LogP contribution in [-0.2, 0) is 4.79 Å². The molecular weight excluding hydrogens is 336 g/mol. The summed E-state index contributed by atoms with van der Waals surface area (Å²) < 4.78 is 5.67. The van der Waals surface area contributed by atoms with Crippen molar-refractivity contribution in [3.63, 3.8) is 0 Å². The Hall–Kier alpha value is -3.01. The smallest absolute Gasteiger partial charge is 0.169 e. The van der Waals surface area contributed by atoms with E-state index in [-0.39, 0.29) is 11.8 Å². The molecule has 0 amide bonds. The normalized spacial score (nSPS) is 15.6. The minimum Gasteiger partial charge on any atom is -0.358 e. The number of aliphatic imine (C=N–C) groups is 1. The van der Waals surface area contributed by atoms with Crippen molar-refractivity contribution < 1.29 is 9.32 Å². The van der Waals surface area contributed by atoms with Crippen LogP contribution < -0.4 is 0 Å². The van der Waals surface area contributed by atoms with Crippen molar-refractivity contribution in [1.29, 1.82) is 0 Å². The topological polar surface area (TPSA) is 55.5 Å². The molecule has 1 atom stereocenters. The van der Waals surface area contributed by atoms with Crippen LogP contribution in [0.1, 0.15) is 53.1 Å². The van der Waals surface area contributed by atoms with Gasteiger partial charge >= 0.3 is 0 Å². The van der Waals surface area contributed by atoms with Gasteiger partial charge in [-0.05, 0) is 38.8 Å². The van der Waals surface area contributed by atoms with Crippen molar-refractivity contribution >= 4 is 11.5 Å². The van der Waals surface area contributed by atoms with Crippen molar-refractivity contribution in [2.24, 2.45) is 4.99 Å². The predicted molar refractivity (Wildman–Crippen MR) is 106 cm³/mol. The molecule has 0 fully saturated rings. The fourth-order valence-corrected chi connectivity index (χ4v) is 3.75. The number of aryl methyl sites for hydroxylation is 3. The van der Waals surface area contributed by atoms with Crippen LogP contribution >= 0.6 is 0 Å². The molecule has 2 aromatic carbocycles. The number of hydrogen-bond donors (Lipinski definition) is 0. The molecule has 0 radical (unpaired) electrons. The molecule has 4 nitrogen and oxygen atoms in total. The van der Waals surface area contributed by atoms with E-state index >= 15 is 0 Å². The lowest BCUT2D eigenvalue weighted by molar-refractivity contribution is -0.117. The van der Waals surface area contributed by atoms with Crippen LogP contribution in [0.5, 0.6) is 0 Å². The van der Waals surface area contributed by atoms with E-state index in [0.717, 1.165) is 39.2 Å². The van der Waals surface area contributed by atoms with Gasteiger partial charge in [-0.25, -0.2) is 0 Å². The molecule has 0 N–H and O–H groups in total. The Morgan fingerprint density at radius 3 is 2.48 bits per heavy atom. The number of Topliss-reactive ketones (excluding diaryl/α,β-unsaturated/α-hetero) is 1. The number of aromatic nitrogens is 1. The molecule has 4 heteroatoms. The largest absolute Gasteiger partial charge is 0.358 e. The molecule has 0 bridgehead atoms. The first kappa shape index (κ1) is 17.4. The number of rotatable bonds is 3. The number of nitrogens with zero attached hydrogens (tertiary/aromatic N) is 2. The van der Waals surface area contributed by atoms with Crippen molar-refractivity contribution in [2.75, 3.05) is 0 Å². The molecule has 0 saturated heterocycles. The lowest BCUT2D eigenvalue weighted by Gasteiger charge is -2.14. The summed E-state index contributed by atoms with van der Waals surface area (Å²) in [6.45, 7) is 7.69. The van der Waals surface area contributed by atoms with E-state index in [0.29, 0.717) is 12.2 Å². The second-order valence-electron chi connectivity index (χ2n) is 7.27. The number of fused-ring (bicyclic) bond motifs is 3. The van der Waals surface area contributed by atoms with Crippen LogP contribution in [0.25, 0.3) is 11.1 Å². The van der Waals surface area contributed by atoms with Gasteiger partial charge < -0.3 is 4.52 Å². The lowest BCUT2D eigenvalue weighted by Crippen LogP contribution is -2.09. The fourth-order valence-electron chi connectivity index (χ4n) is 3.75. The minimum atomic E-state index is -0.373. The summed E-state index contributed by atoms with van der Waals surface area (Å²) in [6.07, 6.45) is 0.296. The van der Waals surface area contributed by atoms with Gasteiger partial charge in [0.2, 0.25) is 0 Å². The zero-order valence-electron chi connectivity index (χ0n) is 16.0. The average molecular weight is 358 g/mol. The van der Waals surface area contributed by atoms with Crippen LogP contribution in [-0.4, -0.2) is 16.7 Å². The van der Waals surface area contributed by atoms with Gasteiger partial charge in [-0.2, -0.15) is 0 Å². The molecule has 1 aromatic heterocycles. The maximum absolute atomic E-state index is 11.9. The highest BCUT2D eigenvalue weighted by molar-refractivity contribution is 6.18. The third-order valence-corrected chi connectivity index (χ3v) is 5.06. The first-order valence-corrected chi connectivity index (χ1v) is 9.16. The minimum absolute atomic E-state index is 0.0784. The maximum atomic E-state index is 11.9. The average Bonchev–Trinajstić information content (AvgIpc) is 2.94. The summed E-state index contributed by atoms with van der Waals surface area (Å²) in [5.41, 5.74) is 8.22. The van der Waals surface area contributed by atoms with Crippen LogP contribution in [0.3, 0.4) is 0 Å². The molecule has 27 heavy (non-hydrogen) atoms. The van der Waals surface area contributed by atoms with Gasteiger partial charge in [0.25, 0.3) is 0 Å².